The molecular weight excluding hydrogens is 252 g/mol. The molecule has 0 bridgehead atoms. The number of nitrogens with one attached hydrogen (secondary N) is 2. The number of carbonyl (C=O) groups is 1. The van der Waals surface area contributed by atoms with Crippen LogP contribution >= 0.6 is 0 Å². The lowest BCUT2D eigenvalue weighted by Gasteiger charge is -2.05. The second kappa shape index (κ2) is 6.39. The van der Waals surface area contributed by atoms with Gasteiger partial charge in [0.15, 0.2) is 9.84 Å². The summed E-state index contributed by atoms with van der Waals surface area (Å²) < 4.78 is 23.2. The number of benzene rings is 1. The first-order valence-corrected chi connectivity index (χ1v) is 7.26. The largest absolute Gasteiger partial charge is 0.341 e. The van der Waals surface area contributed by atoms with Gasteiger partial charge in [-0.2, -0.15) is 0 Å². The molecule has 2 N–H and O–H groups in total. The Bertz CT molecular complexity index is 495. The molecule has 0 spiro atoms. The smallest absolute Gasteiger partial charge is 0.314 e. The van der Waals surface area contributed by atoms with Gasteiger partial charge in [0.05, 0.1) is 10.6 Å². The standard InChI is InChI=1S/C12H17N2O3S/c1-3-18(16,17)11-6-4-10(5-7-11)8-9-14-12(15)13-2/h4-8H,3,9H2,1-2H3,(H2,13,14,15). The van der Waals surface area contributed by atoms with Gasteiger partial charge in [0, 0.05) is 20.0 Å². The van der Waals surface area contributed by atoms with Crippen molar-refractivity contribution in [1.82, 2.24) is 10.6 Å². The summed E-state index contributed by atoms with van der Waals surface area (Å²) in [6.45, 7) is 2.00. The molecule has 0 aromatic heterocycles. The number of hydrogen-bond donors (Lipinski definition) is 2. The highest BCUT2D eigenvalue weighted by Crippen LogP contribution is 2.12. The lowest BCUT2D eigenvalue weighted by Crippen LogP contribution is -2.33. The van der Waals surface area contributed by atoms with Crippen LogP contribution in [0.15, 0.2) is 29.2 Å². The van der Waals surface area contributed by atoms with E-state index in [4.69, 9.17) is 0 Å². The summed E-state index contributed by atoms with van der Waals surface area (Å²) in [5, 5.41) is 5.05. The SMILES string of the molecule is CCS(=O)(=O)c1ccc([CH]CNC(=O)NC)cc1. The number of rotatable bonds is 5. The van der Waals surface area contributed by atoms with Gasteiger partial charge in [-0.3, -0.25) is 0 Å². The van der Waals surface area contributed by atoms with Crippen molar-refractivity contribution in [1.29, 1.82) is 0 Å². The minimum absolute atomic E-state index is 0.0916. The van der Waals surface area contributed by atoms with E-state index in [-0.39, 0.29) is 11.8 Å². The highest BCUT2D eigenvalue weighted by Gasteiger charge is 2.10. The van der Waals surface area contributed by atoms with Gasteiger partial charge in [-0.05, 0) is 17.7 Å². The molecule has 1 rings (SSSR count). The molecule has 99 valence electrons. The Morgan fingerprint density at radius 2 is 1.89 bits per heavy atom. The van der Waals surface area contributed by atoms with Crippen LogP contribution < -0.4 is 10.6 Å². The van der Waals surface area contributed by atoms with Crippen LogP contribution in [0, 0.1) is 6.42 Å². The van der Waals surface area contributed by atoms with Gasteiger partial charge in [0.25, 0.3) is 0 Å². The van der Waals surface area contributed by atoms with Crippen molar-refractivity contribution >= 4 is 15.9 Å². The fourth-order valence-electron chi connectivity index (χ4n) is 1.33. The highest BCUT2D eigenvalue weighted by atomic mass is 32.2. The summed E-state index contributed by atoms with van der Waals surface area (Å²) in [6.07, 6.45) is 1.80. The molecule has 1 radical (unpaired) electrons. The van der Waals surface area contributed by atoms with Crippen LogP contribution in [0.3, 0.4) is 0 Å². The topological polar surface area (TPSA) is 75.3 Å². The normalized spacial score (nSPS) is 11.0. The summed E-state index contributed by atoms with van der Waals surface area (Å²) >= 11 is 0. The van der Waals surface area contributed by atoms with Gasteiger partial charge in [0.2, 0.25) is 0 Å². The van der Waals surface area contributed by atoms with Crippen LogP contribution in [0.1, 0.15) is 12.5 Å². The molecule has 0 fully saturated rings. The van der Waals surface area contributed by atoms with E-state index in [2.05, 4.69) is 10.6 Å². The zero-order valence-electron chi connectivity index (χ0n) is 10.4. The highest BCUT2D eigenvalue weighted by molar-refractivity contribution is 7.91. The van der Waals surface area contributed by atoms with E-state index in [1.54, 1.807) is 44.7 Å². The van der Waals surface area contributed by atoms with Crippen LogP contribution in [0.25, 0.3) is 0 Å². The Morgan fingerprint density at radius 1 is 1.28 bits per heavy atom. The van der Waals surface area contributed by atoms with E-state index in [1.165, 1.54) is 0 Å². The molecule has 0 unspecified atom stereocenters. The monoisotopic (exact) mass is 269 g/mol. The molecule has 1 aromatic carbocycles. The lowest BCUT2D eigenvalue weighted by molar-refractivity contribution is 0.243. The number of urea groups is 1. The predicted octanol–water partition coefficient (Wildman–Crippen LogP) is 0.962. The molecule has 1 aromatic rings. The van der Waals surface area contributed by atoms with Crippen molar-refractivity contribution in [3.8, 4) is 0 Å². The fraction of sp³-hybridized carbons (Fsp3) is 0.333. The fourth-order valence-corrected chi connectivity index (χ4v) is 2.21. The van der Waals surface area contributed by atoms with Crippen LogP contribution in [-0.4, -0.2) is 33.8 Å². The first-order chi connectivity index (χ1) is 8.49. The first-order valence-electron chi connectivity index (χ1n) is 5.61. The van der Waals surface area contributed by atoms with Crippen molar-refractivity contribution in [2.75, 3.05) is 19.3 Å². The maximum atomic E-state index is 11.6. The minimum Gasteiger partial charge on any atom is -0.341 e. The van der Waals surface area contributed by atoms with E-state index < -0.39 is 9.84 Å². The van der Waals surface area contributed by atoms with Crippen molar-refractivity contribution in [3.63, 3.8) is 0 Å². The van der Waals surface area contributed by atoms with Gasteiger partial charge >= 0.3 is 6.03 Å². The molecular formula is C12H17N2O3S. The molecule has 18 heavy (non-hydrogen) atoms. The number of sulfone groups is 1. The molecule has 5 nitrogen and oxygen atoms in total. The molecule has 0 saturated heterocycles. The van der Waals surface area contributed by atoms with E-state index in [9.17, 15) is 13.2 Å². The van der Waals surface area contributed by atoms with Crippen LogP contribution in [-0.2, 0) is 9.84 Å². The summed E-state index contributed by atoms with van der Waals surface area (Å²) in [6, 6.07) is 6.33. The molecule has 0 aliphatic heterocycles. The molecule has 0 heterocycles. The third kappa shape index (κ3) is 4.03. The Kier molecular flexibility index (Phi) is 5.15. The quantitative estimate of drug-likeness (QED) is 0.836. The first kappa shape index (κ1) is 14.5. The van der Waals surface area contributed by atoms with Crippen molar-refractivity contribution in [2.45, 2.75) is 11.8 Å². The third-order valence-corrected chi connectivity index (χ3v) is 4.20. The van der Waals surface area contributed by atoms with Crippen molar-refractivity contribution in [2.24, 2.45) is 0 Å². The van der Waals surface area contributed by atoms with Gasteiger partial charge in [-0.25, -0.2) is 13.2 Å². The lowest BCUT2D eigenvalue weighted by atomic mass is 10.1. The molecule has 0 aliphatic rings. The molecule has 0 aliphatic carbocycles. The van der Waals surface area contributed by atoms with E-state index in [1.807, 2.05) is 0 Å². The van der Waals surface area contributed by atoms with Gasteiger partial charge in [0.1, 0.15) is 0 Å². The molecule has 0 saturated carbocycles. The minimum atomic E-state index is -3.15. The van der Waals surface area contributed by atoms with Crippen molar-refractivity contribution in [3.05, 3.63) is 36.2 Å². The second-order valence-corrected chi connectivity index (χ2v) is 5.91. The predicted molar refractivity (Wildman–Crippen MR) is 70.0 cm³/mol. The summed E-state index contributed by atoms with van der Waals surface area (Å²) in [5.74, 6) is 0.0916. The van der Waals surface area contributed by atoms with Gasteiger partial charge in [-0.15, -0.1) is 0 Å². The third-order valence-electron chi connectivity index (χ3n) is 2.45. The van der Waals surface area contributed by atoms with E-state index in [0.29, 0.717) is 11.4 Å². The Hall–Kier alpha value is -1.56. The van der Waals surface area contributed by atoms with E-state index >= 15 is 0 Å². The average Bonchev–Trinajstić information content (AvgIpc) is 2.39. The summed E-state index contributed by atoms with van der Waals surface area (Å²) in [4.78, 5) is 11.2. The Labute approximate surface area is 108 Å². The summed E-state index contributed by atoms with van der Waals surface area (Å²) in [5.41, 5.74) is 0.862. The van der Waals surface area contributed by atoms with Gasteiger partial charge in [-0.1, -0.05) is 19.1 Å². The average molecular weight is 269 g/mol. The number of hydrogen-bond acceptors (Lipinski definition) is 3. The van der Waals surface area contributed by atoms with Crippen LogP contribution in [0.4, 0.5) is 4.79 Å². The number of carbonyl (C=O) groups excluding carboxylic acids is 1. The van der Waals surface area contributed by atoms with E-state index in [0.717, 1.165) is 5.56 Å². The zero-order chi connectivity index (χ0) is 13.6. The van der Waals surface area contributed by atoms with Crippen LogP contribution in [0.2, 0.25) is 0 Å². The maximum absolute atomic E-state index is 11.6. The van der Waals surface area contributed by atoms with Crippen molar-refractivity contribution < 1.29 is 13.2 Å². The van der Waals surface area contributed by atoms with Gasteiger partial charge < -0.3 is 10.6 Å². The molecule has 6 heteroatoms. The van der Waals surface area contributed by atoms with Crippen LogP contribution in [0.5, 0.6) is 0 Å². The molecule has 2 amide bonds. The number of amides is 2. The second-order valence-electron chi connectivity index (χ2n) is 3.64. The Balaban J connectivity index is 2.59. The summed E-state index contributed by atoms with van der Waals surface area (Å²) in [7, 11) is -1.61. The maximum Gasteiger partial charge on any atom is 0.314 e. The Morgan fingerprint density at radius 3 is 2.39 bits per heavy atom. The zero-order valence-corrected chi connectivity index (χ0v) is 11.3. The molecule has 0 atom stereocenters.